The highest BCUT2D eigenvalue weighted by Crippen LogP contribution is 2.04. The van der Waals surface area contributed by atoms with Crippen LogP contribution in [0.25, 0.3) is 0 Å². The molecule has 0 atom stereocenters. The van der Waals surface area contributed by atoms with Gasteiger partial charge >= 0.3 is 0 Å². The van der Waals surface area contributed by atoms with E-state index in [-0.39, 0.29) is 5.91 Å². The molecule has 1 heterocycles. The summed E-state index contributed by atoms with van der Waals surface area (Å²) in [4.78, 5) is 11.4. The summed E-state index contributed by atoms with van der Waals surface area (Å²) >= 11 is 0. The van der Waals surface area contributed by atoms with E-state index in [1.807, 2.05) is 0 Å². The molecule has 0 saturated heterocycles. The predicted octanol–water partition coefficient (Wildman–Crippen LogP) is 1.18. The topological polar surface area (TPSA) is 83.6 Å². The highest BCUT2D eigenvalue weighted by molar-refractivity contribution is 5.75. The second-order valence-corrected chi connectivity index (χ2v) is 3.77. The molecule has 0 radical (unpaired) electrons. The van der Waals surface area contributed by atoms with Crippen LogP contribution in [0.1, 0.15) is 51.3 Å². The fourth-order valence-corrected chi connectivity index (χ4v) is 1.41. The molecule has 1 aromatic rings. The van der Waals surface area contributed by atoms with Crippen LogP contribution in [0.2, 0.25) is 0 Å². The Labute approximate surface area is 95.2 Å². The first-order valence-electron chi connectivity index (χ1n) is 5.82. The number of nitrogens with one attached hydrogen (secondary N) is 2. The highest BCUT2D eigenvalue weighted by atomic mass is 16.1. The van der Waals surface area contributed by atoms with Gasteiger partial charge < -0.3 is 5.32 Å². The molecular weight excluding hydrogens is 206 g/mol. The van der Waals surface area contributed by atoms with Gasteiger partial charge in [0.2, 0.25) is 5.91 Å². The summed E-state index contributed by atoms with van der Waals surface area (Å²) in [5, 5.41) is 16.0. The van der Waals surface area contributed by atoms with Crippen LogP contribution in [-0.4, -0.2) is 26.5 Å². The third-order valence-electron chi connectivity index (χ3n) is 2.34. The van der Waals surface area contributed by atoms with Crippen LogP contribution in [0.4, 0.5) is 0 Å². The lowest BCUT2D eigenvalue weighted by atomic mass is 10.1. The van der Waals surface area contributed by atoms with E-state index < -0.39 is 0 Å². The molecular formula is C10H19N5O. The highest BCUT2D eigenvalue weighted by Gasteiger charge is 2.03. The summed E-state index contributed by atoms with van der Waals surface area (Å²) in [5.74, 6) is 0.570. The fraction of sp³-hybridized carbons (Fsp3) is 0.800. The Bertz CT molecular complexity index is 285. The Morgan fingerprint density at radius 2 is 2.12 bits per heavy atom. The van der Waals surface area contributed by atoms with Crippen molar-refractivity contribution in [1.29, 1.82) is 0 Å². The van der Waals surface area contributed by atoms with Crippen molar-refractivity contribution in [3.63, 3.8) is 0 Å². The van der Waals surface area contributed by atoms with E-state index in [0.29, 0.717) is 18.8 Å². The molecule has 1 aromatic heterocycles. The molecule has 1 rings (SSSR count). The van der Waals surface area contributed by atoms with Gasteiger partial charge in [-0.25, -0.2) is 0 Å². The number of rotatable bonds is 8. The van der Waals surface area contributed by atoms with E-state index in [1.54, 1.807) is 0 Å². The molecule has 0 unspecified atom stereocenters. The number of hydrogen-bond acceptors (Lipinski definition) is 4. The monoisotopic (exact) mass is 225 g/mol. The number of amides is 1. The lowest BCUT2D eigenvalue weighted by Crippen LogP contribution is -2.23. The molecule has 0 spiro atoms. The van der Waals surface area contributed by atoms with E-state index >= 15 is 0 Å². The third kappa shape index (κ3) is 5.43. The number of tetrazole rings is 1. The van der Waals surface area contributed by atoms with Gasteiger partial charge in [0.25, 0.3) is 0 Å². The molecule has 16 heavy (non-hydrogen) atoms. The number of carbonyl (C=O) groups excluding carboxylic acids is 1. The van der Waals surface area contributed by atoms with Gasteiger partial charge in [0.1, 0.15) is 0 Å². The first-order valence-corrected chi connectivity index (χ1v) is 5.82. The van der Waals surface area contributed by atoms with Crippen molar-refractivity contribution in [3.05, 3.63) is 5.82 Å². The Hall–Kier alpha value is -1.46. The Morgan fingerprint density at radius 1 is 1.31 bits per heavy atom. The molecule has 0 saturated carbocycles. The number of carbonyl (C=O) groups is 1. The average Bonchev–Trinajstić information content (AvgIpc) is 2.79. The smallest absolute Gasteiger partial charge is 0.220 e. The van der Waals surface area contributed by atoms with Crippen molar-refractivity contribution in [2.24, 2.45) is 0 Å². The van der Waals surface area contributed by atoms with E-state index in [0.717, 1.165) is 12.8 Å². The van der Waals surface area contributed by atoms with Crippen LogP contribution in [0.15, 0.2) is 0 Å². The largest absolute Gasteiger partial charge is 0.349 e. The van der Waals surface area contributed by atoms with Crippen molar-refractivity contribution in [2.45, 2.75) is 52.0 Å². The average molecular weight is 225 g/mol. The maximum Gasteiger partial charge on any atom is 0.220 e. The van der Waals surface area contributed by atoms with Crippen LogP contribution >= 0.6 is 0 Å². The van der Waals surface area contributed by atoms with Gasteiger partial charge in [-0.05, 0) is 6.42 Å². The van der Waals surface area contributed by atoms with Crippen molar-refractivity contribution in [2.75, 3.05) is 0 Å². The van der Waals surface area contributed by atoms with Crippen LogP contribution < -0.4 is 5.32 Å². The minimum atomic E-state index is 0.0568. The van der Waals surface area contributed by atoms with Crippen molar-refractivity contribution < 1.29 is 4.79 Å². The molecule has 2 N–H and O–H groups in total. The van der Waals surface area contributed by atoms with Crippen LogP contribution in [0.5, 0.6) is 0 Å². The van der Waals surface area contributed by atoms with Crippen LogP contribution in [0, 0.1) is 0 Å². The summed E-state index contributed by atoms with van der Waals surface area (Å²) in [7, 11) is 0. The van der Waals surface area contributed by atoms with E-state index in [4.69, 9.17) is 0 Å². The van der Waals surface area contributed by atoms with Gasteiger partial charge in [0.15, 0.2) is 5.82 Å². The van der Waals surface area contributed by atoms with Gasteiger partial charge in [-0.15, -0.1) is 10.2 Å². The number of H-pyrrole nitrogens is 1. The number of aromatic amines is 1. The number of nitrogens with zero attached hydrogens (tertiary/aromatic N) is 3. The molecule has 0 aliphatic carbocycles. The van der Waals surface area contributed by atoms with Gasteiger partial charge in [-0.1, -0.05) is 37.8 Å². The van der Waals surface area contributed by atoms with Crippen LogP contribution in [0.3, 0.4) is 0 Å². The molecule has 6 heteroatoms. The number of hydrogen-bond donors (Lipinski definition) is 2. The molecule has 0 aliphatic heterocycles. The second-order valence-electron chi connectivity index (χ2n) is 3.77. The lowest BCUT2D eigenvalue weighted by Gasteiger charge is -2.02. The molecule has 90 valence electrons. The minimum Gasteiger partial charge on any atom is -0.349 e. The zero-order chi connectivity index (χ0) is 11.6. The van der Waals surface area contributed by atoms with Gasteiger partial charge in [0, 0.05) is 6.42 Å². The Balaban J connectivity index is 1.99. The molecule has 1 amide bonds. The maximum atomic E-state index is 11.4. The predicted molar refractivity (Wildman–Crippen MR) is 59.4 cm³/mol. The number of aromatic nitrogens is 4. The quantitative estimate of drug-likeness (QED) is 0.651. The minimum absolute atomic E-state index is 0.0568. The molecule has 0 aromatic carbocycles. The van der Waals surface area contributed by atoms with Crippen LogP contribution in [-0.2, 0) is 11.3 Å². The lowest BCUT2D eigenvalue weighted by molar-refractivity contribution is -0.121. The van der Waals surface area contributed by atoms with Crippen molar-refractivity contribution in [3.8, 4) is 0 Å². The second kappa shape index (κ2) is 7.78. The zero-order valence-corrected chi connectivity index (χ0v) is 9.70. The maximum absolute atomic E-state index is 11.4. The number of unbranched alkanes of at least 4 members (excludes halogenated alkanes) is 4. The first kappa shape index (κ1) is 12.6. The summed E-state index contributed by atoms with van der Waals surface area (Å²) in [6, 6.07) is 0. The Kier molecular flexibility index (Phi) is 6.13. The van der Waals surface area contributed by atoms with E-state index in [1.165, 1.54) is 19.3 Å². The van der Waals surface area contributed by atoms with Gasteiger partial charge in [0.05, 0.1) is 6.54 Å². The Morgan fingerprint density at radius 3 is 2.81 bits per heavy atom. The molecule has 0 bridgehead atoms. The summed E-state index contributed by atoms with van der Waals surface area (Å²) in [6.45, 7) is 2.53. The molecule has 0 fully saturated rings. The van der Waals surface area contributed by atoms with E-state index in [2.05, 4.69) is 32.9 Å². The molecule has 6 nitrogen and oxygen atoms in total. The first-order chi connectivity index (χ1) is 7.83. The summed E-state index contributed by atoms with van der Waals surface area (Å²) in [6.07, 6.45) is 6.37. The summed E-state index contributed by atoms with van der Waals surface area (Å²) in [5.41, 5.74) is 0. The van der Waals surface area contributed by atoms with Crippen molar-refractivity contribution in [1.82, 2.24) is 25.9 Å². The summed E-state index contributed by atoms with van der Waals surface area (Å²) < 4.78 is 0. The van der Waals surface area contributed by atoms with Gasteiger partial charge in [-0.3, -0.25) is 4.79 Å². The van der Waals surface area contributed by atoms with E-state index in [9.17, 15) is 4.79 Å². The SMILES string of the molecule is CCCCCCCC(=O)NCc1nn[nH]n1. The normalized spacial score (nSPS) is 10.3. The fourth-order valence-electron chi connectivity index (χ4n) is 1.41. The zero-order valence-electron chi connectivity index (χ0n) is 9.70. The molecule has 0 aliphatic rings. The van der Waals surface area contributed by atoms with Crippen molar-refractivity contribution >= 4 is 5.91 Å². The third-order valence-corrected chi connectivity index (χ3v) is 2.34. The standard InChI is InChI=1S/C10H19N5O/c1-2-3-4-5-6-7-10(16)11-8-9-12-14-15-13-9/h2-8H2,1H3,(H,11,16)(H,12,13,14,15). The van der Waals surface area contributed by atoms with Gasteiger partial charge in [-0.2, -0.15) is 5.21 Å².